The predicted octanol–water partition coefficient (Wildman–Crippen LogP) is 7.74. The Balaban J connectivity index is 2.23. The van der Waals surface area contributed by atoms with Gasteiger partial charge in [-0.2, -0.15) is 0 Å². The summed E-state index contributed by atoms with van der Waals surface area (Å²) in [5, 5.41) is 13.9. The SMILES string of the molecule is C=C(CC(C)C(C(C)CC)N(C)C(=O)C(CC(=O)C(C(C)C)N(C)C(C)(C)C)C(C)C)N1CCCC1C(OC)C(C)C(=O)NC(C)C(O)c1ccccc1. The van der Waals surface area contributed by atoms with Crippen molar-refractivity contribution in [2.24, 2.45) is 35.5 Å². The van der Waals surface area contributed by atoms with Gasteiger partial charge in [0.1, 0.15) is 0 Å². The van der Waals surface area contributed by atoms with Crippen molar-refractivity contribution in [3.8, 4) is 0 Å². The summed E-state index contributed by atoms with van der Waals surface area (Å²) < 4.78 is 6.06. The van der Waals surface area contributed by atoms with E-state index in [4.69, 9.17) is 4.74 Å². The number of ether oxygens (including phenoxy) is 1. The van der Waals surface area contributed by atoms with Crippen LogP contribution in [0.25, 0.3) is 0 Å². The monoisotopic (exact) mass is 755 g/mol. The van der Waals surface area contributed by atoms with Gasteiger partial charge >= 0.3 is 0 Å². The number of allylic oxidation sites excluding steroid dienone is 1. The number of likely N-dealkylation sites (N-methyl/N-ethyl adjacent to an activating group) is 1. The highest BCUT2D eigenvalue weighted by atomic mass is 16.5. The maximum Gasteiger partial charge on any atom is 0.226 e. The number of rotatable bonds is 21. The molecule has 1 aliphatic heterocycles. The Morgan fingerprint density at radius 1 is 0.963 bits per heavy atom. The van der Waals surface area contributed by atoms with Gasteiger partial charge in [-0.25, -0.2) is 0 Å². The third-order valence-corrected chi connectivity index (χ3v) is 12.4. The number of methoxy groups -OCH3 is 1. The molecule has 1 heterocycles. The molecule has 0 radical (unpaired) electrons. The zero-order valence-corrected chi connectivity index (χ0v) is 36.7. The van der Waals surface area contributed by atoms with Crippen LogP contribution in [0.15, 0.2) is 42.6 Å². The van der Waals surface area contributed by atoms with Gasteiger partial charge in [0.15, 0.2) is 5.78 Å². The van der Waals surface area contributed by atoms with E-state index >= 15 is 0 Å². The van der Waals surface area contributed by atoms with Gasteiger partial charge in [0.05, 0.1) is 36.3 Å². The van der Waals surface area contributed by atoms with Crippen LogP contribution in [0, 0.1) is 35.5 Å². The van der Waals surface area contributed by atoms with Crippen LogP contribution in [0.4, 0.5) is 0 Å². The Bertz CT molecular complexity index is 1340. The summed E-state index contributed by atoms with van der Waals surface area (Å²) in [7, 11) is 5.61. The molecule has 0 saturated carbocycles. The minimum atomic E-state index is -0.820. The summed E-state index contributed by atoms with van der Waals surface area (Å²) in [4.78, 5) is 48.4. The first kappa shape index (κ1) is 47.4. The number of Topliss-reactive ketones (excluding diaryl/α,β-unsaturated/α-hetero) is 1. The number of amides is 2. The summed E-state index contributed by atoms with van der Waals surface area (Å²) in [5.41, 5.74) is 1.57. The van der Waals surface area contributed by atoms with E-state index in [-0.39, 0.29) is 77.5 Å². The van der Waals surface area contributed by atoms with E-state index in [1.807, 2.05) is 63.2 Å². The van der Waals surface area contributed by atoms with Gasteiger partial charge in [-0.3, -0.25) is 19.3 Å². The Labute approximate surface area is 329 Å². The first-order valence-electron chi connectivity index (χ1n) is 20.6. The highest BCUT2D eigenvalue weighted by Crippen LogP contribution is 2.35. The molecular weight excluding hydrogens is 677 g/mol. The molecule has 1 aromatic carbocycles. The van der Waals surface area contributed by atoms with E-state index in [1.54, 1.807) is 7.11 Å². The average molecular weight is 755 g/mol. The van der Waals surface area contributed by atoms with E-state index in [0.29, 0.717) is 6.42 Å². The predicted molar refractivity (Wildman–Crippen MR) is 222 cm³/mol. The van der Waals surface area contributed by atoms with Crippen molar-refractivity contribution >= 4 is 17.6 Å². The van der Waals surface area contributed by atoms with Crippen LogP contribution in [0.5, 0.6) is 0 Å². The highest BCUT2D eigenvalue weighted by Gasteiger charge is 2.41. The van der Waals surface area contributed by atoms with Crippen LogP contribution >= 0.6 is 0 Å². The Hall–Kier alpha value is -2.75. The second-order valence-corrected chi connectivity index (χ2v) is 18.1. The van der Waals surface area contributed by atoms with Crippen LogP contribution in [-0.2, 0) is 19.1 Å². The molecule has 9 nitrogen and oxygen atoms in total. The lowest BCUT2D eigenvalue weighted by Gasteiger charge is -2.42. The van der Waals surface area contributed by atoms with Gasteiger partial charge in [0.2, 0.25) is 11.8 Å². The van der Waals surface area contributed by atoms with E-state index in [2.05, 4.69) is 90.9 Å². The first-order chi connectivity index (χ1) is 25.1. The highest BCUT2D eigenvalue weighted by molar-refractivity contribution is 5.90. The van der Waals surface area contributed by atoms with Gasteiger partial charge in [-0.1, -0.05) is 98.7 Å². The second kappa shape index (κ2) is 21.0. The van der Waals surface area contributed by atoms with Crippen molar-refractivity contribution in [3.63, 3.8) is 0 Å². The summed E-state index contributed by atoms with van der Waals surface area (Å²) in [6.07, 6.45) is 2.49. The molecule has 54 heavy (non-hydrogen) atoms. The Morgan fingerprint density at radius 2 is 1.56 bits per heavy atom. The Morgan fingerprint density at radius 3 is 2.06 bits per heavy atom. The number of aliphatic hydroxyl groups is 1. The molecule has 1 aromatic rings. The molecule has 1 fully saturated rings. The number of likely N-dealkylation sites (tertiary alicyclic amines) is 1. The molecule has 2 N–H and O–H groups in total. The number of ketones is 1. The quantitative estimate of drug-likeness (QED) is 0.132. The summed E-state index contributed by atoms with van der Waals surface area (Å²) in [5.74, 6) is -0.386. The number of benzene rings is 1. The number of nitrogens with one attached hydrogen (secondary N) is 1. The number of carbonyl (C=O) groups is 3. The summed E-state index contributed by atoms with van der Waals surface area (Å²) >= 11 is 0. The number of carbonyl (C=O) groups excluding carboxylic acids is 3. The van der Waals surface area contributed by atoms with E-state index in [1.165, 1.54) is 0 Å². The van der Waals surface area contributed by atoms with Crippen LogP contribution in [0.2, 0.25) is 0 Å². The van der Waals surface area contributed by atoms with Crippen LogP contribution < -0.4 is 5.32 Å². The molecule has 0 aliphatic carbocycles. The first-order valence-corrected chi connectivity index (χ1v) is 20.6. The summed E-state index contributed by atoms with van der Waals surface area (Å²) in [6, 6.07) is 8.56. The van der Waals surface area contributed by atoms with E-state index in [9.17, 15) is 19.5 Å². The van der Waals surface area contributed by atoms with Gasteiger partial charge in [-0.15, -0.1) is 0 Å². The fraction of sp³-hybridized carbons (Fsp3) is 0.756. The Kier molecular flexibility index (Phi) is 18.4. The van der Waals surface area contributed by atoms with E-state index < -0.39 is 24.0 Å². The molecule has 0 spiro atoms. The van der Waals surface area contributed by atoms with Crippen LogP contribution in [-0.4, -0.2) is 101 Å². The fourth-order valence-corrected chi connectivity index (χ4v) is 8.73. The molecule has 1 aliphatic rings. The van der Waals surface area contributed by atoms with Crippen molar-refractivity contribution < 1.29 is 24.2 Å². The van der Waals surface area contributed by atoms with Crippen molar-refractivity contribution in [3.05, 3.63) is 48.2 Å². The third kappa shape index (κ3) is 12.1. The molecule has 10 atom stereocenters. The lowest BCUT2D eigenvalue weighted by molar-refractivity contribution is -0.143. The molecular formula is C45H78N4O5. The number of nitrogens with zero attached hydrogens (tertiary/aromatic N) is 3. The normalized spacial score (nSPS) is 20.2. The maximum absolute atomic E-state index is 14.5. The zero-order chi connectivity index (χ0) is 41.2. The van der Waals surface area contributed by atoms with Crippen molar-refractivity contribution in [1.29, 1.82) is 0 Å². The number of hydrogen-bond donors (Lipinski definition) is 2. The van der Waals surface area contributed by atoms with E-state index in [0.717, 1.165) is 37.1 Å². The molecule has 1 saturated heterocycles. The second-order valence-electron chi connectivity index (χ2n) is 18.1. The van der Waals surface area contributed by atoms with Gasteiger partial charge in [0, 0.05) is 50.3 Å². The average Bonchev–Trinajstić information content (AvgIpc) is 3.59. The van der Waals surface area contributed by atoms with Gasteiger partial charge in [-0.05, 0) is 83.2 Å². The topological polar surface area (TPSA) is 102 Å². The molecule has 10 unspecified atom stereocenters. The van der Waals surface area contributed by atoms with Gasteiger partial charge in [0.25, 0.3) is 0 Å². The smallest absolute Gasteiger partial charge is 0.226 e. The largest absolute Gasteiger partial charge is 0.386 e. The fourth-order valence-electron chi connectivity index (χ4n) is 8.73. The molecule has 2 rings (SSSR count). The molecule has 9 heteroatoms. The van der Waals surface area contributed by atoms with Crippen LogP contribution in [0.1, 0.15) is 127 Å². The lowest BCUT2D eigenvalue weighted by atomic mass is 9.81. The lowest BCUT2D eigenvalue weighted by Crippen LogP contribution is -2.53. The molecule has 0 aromatic heterocycles. The molecule has 2 amide bonds. The third-order valence-electron chi connectivity index (χ3n) is 12.4. The molecule has 0 bridgehead atoms. The molecule has 308 valence electrons. The van der Waals surface area contributed by atoms with Crippen molar-refractivity contribution in [2.45, 2.75) is 157 Å². The number of hydrogen-bond acceptors (Lipinski definition) is 7. The van der Waals surface area contributed by atoms with Crippen molar-refractivity contribution in [2.75, 3.05) is 27.7 Å². The van der Waals surface area contributed by atoms with Gasteiger partial charge < -0.3 is 25.0 Å². The summed E-state index contributed by atoms with van der Waals surface area (Å²) in [6.45, 7) is 30.4. The number of aliphatic hydroxyl groups excluding tert-OH is 1. The minimum Gasteiger partial charge on any atom is -0.386 e. The van der Waals surface area contributed by atoms with Crippen LogP contribution in [0.3, 0.4) is 0 Å². The minimum absolute atomic E-state index is 0.0135. The van der Waals surface area contributed by atoms with Crippen molar-refractivity contribution in [1.82, 2.24) is 20.0 Å². The zero-order valence-electron chi connectivity index (χ0n) is 36.7. The standard InChI is InChI=1S/C45H78N4O5/c1-17-30(6)40(47(14)44(53)36(28(2)3)27-38(50)39(29(4)5)48(15)45(11,12)13)31(7)26-32(8)49-25-21-24-37(49)42(54-16)33(9)43(52)46-34(10)41(51)35-22-19-18-20-23-35/h18-20,22-23,28-31,33-34,36-37,39-42,51H,8,17,21,24-27H2,1-7,9-16H3,(H,46,52). The maximum atomic E-state index is 14.5.